The second-order valence-electron chi connectivity index (χ2n) is 4.25. The lowest BCUT2D eigenvalue weighted by molar-refractivity contribution is -0.107. The highest BCUT2D eigenvalue weighted by atomic mass is 127. The Hall–Kier alpha value is 1.50. The van der Waals surface area contributed by atoms with Crippen LogP contribution in [0.1, 0.15) is 38.5 Å². The molecule has 7 heteroatoms. The van der Waals surface area contributed by atoms with Gasteiger partial charge in [-0.25, -0.2) is 0 Å². The summed E-state index contributed by atoms with van der Waals surface area (Å²) in [6, 6.07) is 0. The lowest BCUT2D eigenvalue weighted by Crippen LogP contribution is -1.99. The summed E-state index contributed by atoms with van der Waals surface area (Å²) in [6.45, 7) is 7.69. The van der Waals surface area contributed by atoms with E-state index in [4.69, 9.17) is 28.3 Å². The standard InChI is InChI=1S/C7H12ClIO.C7H10ClIO.H2S/c2*1-6(9)5-7(8)3-2-4-10;/h7,10H,1-5H2;4,7H,1-3,5H2;1H2/p-1/t2*7-;/m11./s1. The van der Waals surface area contributed by atoms with E-state index in [0.29, 0.717) is 6.42 Å². The van der Waals surface area contributed by atoms with Crippen LogP contribution in [0.15, 0.2) is 20.3 Å². The molecule has 1 N–H and O–H groups in total. The zero-order valence-corrected chi connectivity index (χ0v) is 18.6. The van der Waals surface area contributed by atoms with Gasteiger partial charge in [0, 0.05) is 23.8 Å². The van der Waals surface area contributed by atoms with Gasteiger partial charge in [-0.15, -0.1) is 23.2 Å². The molecular weight excluding hydrogens is 557 g/mol. The van der Waals surface area contributed by atoms with Gasteiger partial charge in [0.05, 0.1) is 0 Å². The van der Waals surface area contributed by atoms with Crippen molar-refractivity contribution in [3.8, 4) is 0 Å². The number of allylic oxidation sites excluding steroid dienone is 2. The van der Waals surface area contributed by atoms with Crippen molar-refractivity contribution in [2.45, 2.75) is 49.3 Å². The van der Waals surface area contributed by atoms with Crippen LogP contribution in [-0.2, 0) is 18.3 Å². The molecule has 0 amide bonds. The molecule has 2 nitrogen and oxygen atoms in total. The summed E-state index contributed by atoms with van der Waals surface area (Å²) in [5, 5.41) is 8.69. The van der Waals surface area contributed by atoms with E-state index < -0.39 is 0 Å². The number of alkyl halides is 2. The number of aliphatic hydroxyl groups excluding tert-OH is 1. The van der Waals surface area contributed by atoms with Gasteiger partial charge in [0.1, 0.15) is 6.29 Å². The number of hydrogen-bond acceptors (Lipinski definition) is 3. The van der Waals surface area contributed by atoms with Crippen molar-refractivity contribution in [3.63, 3.8) is 0 Å². The van der Waals surface area contributed by atoms with Crippen molar-refractivity contribution in [1.29, 1.82) is 0 Å². The SMILES string of the molecule is C=C(I)C[C@H](Cl)CCC=O.C=C(I)C[C@H](Cl)CCCO.[SH-]. The van der Waals surface area contributed by atoms with Crippen LogP contribution in [0.4, 0.5) is 0 Å². The van der Waals surface area contributed by atoms with E-state index in [-0.39, 0.29) is 30.9 Å². The van der Waals surface area contributed by atoms with Crippen LogP contribution < -0.4 is 0 Å². The zero-order valence-electron chi connectivity index (χ0n) is 11.9. The lowest BCUT2D eigenvalue weighted by Gasteiger charge is -2.05. The first-order chi connectivity index (χ1) is 9.33. The minimum Gasteiger partial charge on any atom is -0.813 e. The van der Waals surface area contributed by atoms with Crippen molar-refractivity contribution in [2.75, 3.05) is 6.61 Å². The first kappa shape index (κ1) is 27.4. The Kier molecular flexibility index (Phi) is 25.5. The molecule has 0 bridgehead atoms. The highest BCUT2D eigenvalue weighted by Gasteiger charge is 2.04. The highest BCUT2D eigenvalue weighted by molar-refractivity contribution is 14.1. The molecule has 2 atom stereocenters. The van der Waals surface area contributed by atoms with Crippen LogP contribution in [0, 0.1) is 0 Å². The molecule has 0 heterocycles. The highest BCUT2D eigenvalue weighted by Crippen LogP contribution is 2.19. The molecule has 21 heavy (non-hydrogen) atoms. The monoisotopic (exact) mass is 579 g/mol. The topological polar surface area (TPSA) is 37.3 Å². The van der Waals surface area contributed by atoms with E-state index in [1.165, 1.54) is 0 Å². The van der Waals surface area contributed by atoms with Crippen LogP contribution >= 0.6 is 68.4 Å². The maximum atomic E-state index is 9.91. The normalized spacial score (nSPS) is 12.2. The molecule has 0 aromatic rings. The van der Waals surface area contributed by atoms with E-state index >= 15 is 0 Å². The molecule has 0 spiro atoms. The number of halogens is 4. The van der Waals surface area contributed by atoms with Crippen molar-refractivity contribution in [3.05, 3.63) is 20.3 Å². The second-order valence-corrected chi connectivity index (χ2v) is 8.53. The number of hydrogen-bond donors (Lipinski definition) is 1. The van der Waals surface area contributed by atoms with Crippen LogP contribution in [0.2, 0.25) is 0 Å². The summed E-state index contributed by atoms with van der Waals surface area (Å²) in [5.74, 6) is 0. The fraction of sp³-hybridized carbons (Fsp3) is 0.643. The van der Waals surface area contributed by atoms with E-state index in [9.17, 15) is 4.79 Å². The van der Waals surface area contributed by atoms with Gasteiger partial charge in [-0.2, -0.15) is 0 Å². The Bertz CT molecular complexity index is 292. The zero-order chi connectivity index (χ0) is 16.0. The second kappa shape index (κ2) is 19.5. The number of carbonyl (C=O) groups excluding carboxylic acids is 1. The summed E-state index contributed by atoms with van der Waals surface area (Å²) in [7, 11) is 0. The molecule has 0 aliphatic carbocycles. The third kappa shape index (κ3) is 26.7. The molecule has 0 radical (unpaired) electrons. The van der Waals surface area contributed by atoms with Gasteiger partial charge < -0.3 is 23.4 Å². The van der Waals surface area contributed by atoms with Crippen LogP contribution in [-0.4, -0.2) is 28.8 Å². The third-order valence-corrected chi connectivity index (χ3v) is 3.79. The predicted octanol–water partition coefficient (Wildman–Crippen LogP) is 5.35. The van der Waals surface area contributed by atoms with Crippen molar-refractivity contribution in [2.24, 2.45) is 0 Å². The number of thiol groups is 1. The van der Waals surface area contributed by atoms with Gasteiger partial charge in [-0.3, -0.25) is 0 Å². The summed E-state index contributed by atoms with van der Waals surface area (Å²) >= 11 is 16.0. The largest absolute Gasteiger partial charge is 0.813 e. The van der Waals surface area contributed by atoms with Gasteiger partial charge in [-0.05, 0) is 84.4 Å². The fourth-order valence-electron chi connectivity index (χ4n) is 1.25. The Morgan fingerprint density at radius 2 is 1.52 bits per heavy atom. The molecule has 126 valence electrons. The van der Waals surface area contributed by atoms with E-state index in [1.54, 1.807) is 0 Å². The average molecular weight is 580 g/mol. The summed E-state index contributed by atoms with van der Waals surface area (Å²) in [5.41, 5.74) is 0. The molecule has 0 rings (SSSR count). The average Bonchev–Trinajstić information content (AvgIpc) is 2.33. The first-order valence-corrected chi connectivity index (χ1v) is 9.35. The van der Waals surface area contributed by atoms with Crippen molar-refractivity contribution >= 4 is 88.2 Å². The van der Waals surface area contributed by atoms with Crippen molar-refractivity contribution < 1.29 is 9.90 Å². The van der Waals surface area contributed by atoms with Crippen LogP contribution in [0.3, 0.4) is 0 Å². The summed E-state index contributed by atoms with van der Waals surface area (Å²) in [4.78, 5) is 9.91. The van der Waals surface area contributed by atoms with Crippen LogP contribution in [0.5, 0.6) is 0 Å². The predicted molar refractivity (Wildman–Crippen MR) is 115 cm³/mol. The Morgan fingerprint density at radius 3 is 1.86 bits per heavy atom. The molecule has 0 aliphatic rings. The fourth-order valence-corrected chi connectivity index (χ4v) is 3.48. The van der Waals surface area contributed by atoms with Gasteiger partial charge in [0.2, 0.25) is 0 Å². The molecule has 0 saturated carbocycles. The lowest BCUT2D eigenvalue weighted by atomic mass is 10.2. The molecule has 0 aromatic carbocycles. The maximum Gasteiger partial charge on any atom is 0.120 e. The van der Waals surface area contributed by atoms with Gasteiger partial charge >= 0.3 is 0 Å². The Balaban J connectivity index is -0.000000295. The molecule has 0 fully saturated rings. The number of rotatable bonds is 10. The number of aliphatic hydroxyl groups is 1. The number of aldehydes is 1. The third-order valence-electron chi connectivity index (χ3n) is 2.16. The Labute approximate surface area is 172 Å². The van der Waals surface area contributed by atoms with E-state index in [1.807, 2.05) is 0 Å². The first-order valence-electron chi connectivity index (χ1n) is 6.32. The molecule has 0 aromatic heterocycles. The smallest absolute Gasteiger partial charge is 0.120 e. The number of carbonyl (C=O) groups is 1. The minimum absolute atomic E-state index is 0. The molecule has 0 saturated heterocycles. The van der Waals surface area contributed by atoms with E-state index in [0.717, 1.165) is 45.5 Å². The van der Waals surface area contributed by atoms with Crippen LogP contribution in [0.25, 0.3) is 0 Å². The Morgan fingerprint density at radius 1 is 1.10 bits per heavy atom. The quantitative estimate of drug-likeness (QED) is 0.125. The minimum atomic E-state index is 0. The van der Waals surface area contributed by atoms with Gasteiger partial charge in [-0.1, -0.05) is 13.2 Å². The van der Waals surface area contributed by atoms with E-state index in [2.05, 4.69) is 58.3 Å². The van der Waals surface area contributed by atoms with Crippen molar-refractivity contribution in [1.82, 2.24) is 0 Å². The van der Waals surface area contributed by atoms with Gasteiger partial charge in [0.15, 0.2) is 0 Å². The molecule has 0 aliphatic heterocycles. The summed E-state index contributed by atoms with van der Waals surface area (Å²) in [6.07, 6.45) is 5.52. The van der Waals surface area contributed by atoms with Gasteiger partial charge in [0.25, 0.3) is 0 Å². The molecular formula is C14H23Cl2I2O2S-. The summed E-state index contributed by atoms with van der Waals surface area (Å²) < 4.78 is 2.12. The molecule has 0 unspecified atom stereocenters. The maximum absolute atomic E-state index is 9.91.